The lowest BCUT2D eigenvalue weighted by molar-refractivity contribution is -0.116. The molecule has 0 spiro atoms. The number of nitrogens with one attached hydrogen (secondary N) is 3. The normalized spacial score (nSPS) is 12.1. The van der Waals surface area contributed by atoms with Gasteiger partial charge < -0.3 is 16.0 Å². The Labute approximate surface area is 168 Å². The Bertz CT molecular complexity index is 536. The lowest BCUT2D eigenvalue weighted by Crippen LogP contribution is -2.43. The molecular formula is C18H32IN5O. The molecule has 3 N–H and O–H groups in total. The third-order valence-corrected chi connectivity index (χ3v) is 3.65. The number of pyridine rings is 1. The van der Waals surface area contributed by atoms with Crippen LogP contribution in [0.5, 0.6) is 0 Å². The summed E-state index contributed by atoms with van der Waals surface area (Å²) in [5, 5.41) is 9.33. The predicted octanol–water partition coefficient (Wildman–Crippen LogP) is 3.47. The van der Waals surface area contributed by atoms with E-state index in [0.29, 0.717) is 24.8 Å². The average molecular weight is 461 g/mol. The molecule has 0 bridgehead atoms. The zero-order valence-corrected chi connectivity index (χ0v) is 18.1. The van der Waals surface area contributed by atoms with Gasteiger partial charge in [-0.25, -0.2) is 4.98 Å². The number of anilines is 1. The van der Waals surface area contributed by atoms with E-state index in [1.54, 1.807) is 13.1 Å². The number of carbonyl (C=O) groups is 1. The Kier molecular flexibility index (Phi) is 13.1. The molecule has 0 radical (unpaired) electrons. The van der Waals surface area contributed by atoms with Crippen molar-refractivity contribution in [2.75, 3.05) is 18.9 Å². The second kappa shape index (κ2) is 13.9. The first-order valence-electron chi connectivity index (χ1n) is 8.75. The highest BCUT2D eigenvalue weighted by Crippen LogP contribution is 2.04. The fourth-order valence-electron chi connectivity index (χ4n) is 2.31. The Hall–Kier alpha value is -1.38. The van der Waals surface area contributed by atoms with Gasteiger partial charge in [0.15, 0.2) is 5.96 Å². The summed E-state index contributed by atoms with van der Waals surface area (Å²) in [4.78, 5) is 20.4. The van der Waals surface area contributed by atoms with Crippen LogP contribution in [0.25, 0.3) is 0 Å². The van der Waals surface area contributed by atoms with Gasteiger partial charge in [0.05, 0.1) is 0 Å². The predicted molar refractivity (Wildman–Crippen MR) is 116 cm³/mol. The van der Waals surface area contributed by atoms with Crippen LogP contribution in [0, 0.1) is 6.92 Å². The summed E-state index contributed by atoms with van der Waals surface area (Å²) in [7, 11) is 1.74. The van der Waals surface area contributed by atoms with E-state index in [-0.39, 0.29) is 29.9 Å². The number of guanidine groups is 1. The average Bonchev–Trinajstić information content (AvgIpc) is 2.54. The van der Waals surface area contributed by atoms with Crippen LogP contribution in [0.3, 0.4) is 0 Å². The van der Waals surface area contributed by atoms with Crippen molar-refractivity contribution in [3.63, 3.8) is 0 Å². The molecule has 1 heterocycles. The van der Waals surface area contributed by atoms with E-state index in [9.17, 15) is 4.79 Å². The standard InChI is InChI=1S/C18H31N5O.HI/c1-5-6-7-9-15(3)22-18(19-4)20-13-12-17(24)23-16-11-8-10-14(2)21-16;/h8,10-11,15H,5-7,9,12-13H2,1-4H3,(H2,19,20,22)(H,21,23,24);1H. The van der Waals surface area contributed by atoms with Crippen LogP contribution in [0.4, 0.5) is 5.82 Å². The second-order valence-corrected chi connectivity index (χ2v) is 6.00. The first-order chi connectivity index (χ1) is 11.5. The van der Waals surface area contributed by atoms with Crippen molar-refractivity contribution in [3.05, 3.63) is 23.9 Å². The molecule has 25 heavy (non-hydrogen) atoms. The van der Waals surface area contributed by atoms with E-state index in [2.05, 4.69) is 39.8 Å². The third-order valence-electron chi connectivity index (χ3n) is 3.65. The van der Waals surface area contributed by atoms with E-state index in [1.165, 1.54) is 19.3 Å². The van der Waals surface area contributed by atoms with Crippen LogP contribution in [0.15, 0.2) is 23.2 Å². The highest BCUT2D eigenvalue weighted by atomic mass is 127. The van der Waals surface area contributed by atoms with Crippen LogP contribution in [-0.2, 0) is 4.79 Å². The number of nitrogens with zero attached hydrogens (tertiary/aromatic N) is 2. The van der Waals surface area contributed by atoms with Crippen LogP contribution >= 0.6 is 24.0 Å². The van der Waals surface area contributed by atoms with Crippen molar-refractivity contribution in [3.8, 4) is 0 Å². The summed E-state index contributed by atoms with van der Waals surface area (Å²) >= 11 is 0. The molecule has 1 amide bonds. The fourth-order valence-corrected chi connectivity index (χ4v) is 2.31. The molecule has 0 saturated carbocycles. The minimum atomic E-state index is -0.0629. The molecule has 0 aromatic carbocycles. The number of hydrogen-bond donors (Lipinski definition) is 3. The van der Waals surface area contributed by atoms with Crippen LogP contribution < -0.4 is 16.0 Å². The van der Waals surface area contributed by atoms with Crippen molar-refractivity contribution < 1.29 is 4.79 Å². The van der Waals surface area contributed by atoms with Gasteiger partial charge in [-0.15, -0.1) is 24.0 Å². The Balaban J connectivity index is 0.00000576. The molecule has 1 atom stereocenters. The van der Waals surface area contributed by atoms with Crippen molar-refractivity contribution in [2.45, 2.75) is 58.9 Å². The molecule has 142 valence electrons. The highest BCUT2D eigenvalue weighted by molar-refractivity contribution is 14.0. The molecule has 1 unspecified atom stereocenters. The Morgan fingerprint density at radius 3 is 2.72 bits per heavy atom. The van der Waals surface area contributed by atoms with Gasteiger partial charge in [0.2, 0.25) is 5.91 Å². The van der Waals surface area contributed by atoms with Gasteiger partial charge in [-0.2, -0.15) is 0 Å². The lowest BCUT2D eigenvalue weighted by atomic mass is 10.1. The van der Waals surface area contributed by atoms with Crippen LogP contribution in [0.2, 0.25) is 0 Å². The largest absolute Gasteiger partial charge is 0.356 e. The van der Waals surface area contributed by atoms with Gasteiger partial charge in [0, 0.05) is 31.7 Å². The molecule has 0 aliphatic heterocycles. The van der Waals surface area contributed by atoms with E-state index in [4.69, 9.17) is 0 Å². The topological polar surface area (TPSA) is 78.4 Å². The summed E-state index contributed by atoms with van der Waals surface area (Å²) in [6.45, 7) is 6.78. The molecule has 0 saturated heterocycles. The number of halogens is 1. The molecule has 1 rings (SSSR count). The van der Waals surface area contributed by atoms with E-state index in [0.717, 1.165) is 18.1 Å². The smallest absolute Gasteiger partial charge is 0.227 e. The van der Waals surface area contributed by atoms with Gasteiger partial charge in [0.1, 0.15) is 5.82 Å². The SMILES string of the molecule is CCCCCC(C)NC(=NC)NCCC(=O)Nc1cccc(C)n1.I. The number of aromatic nitrogens is 1. The lowest BCUT2D eigenvalue weighted by Gasteiger charge is -2.17. The van der Waals surface area contributed by atoms with E-state index < -0.39 is 0 Å². The molecule has 7 heteroatoms. The van der Waals surface area contributed by atoms with Crippen molar-refractivity contribution in [1.82, 2.24) is 15.6 Å². The number of aliphatic imine (C=N–C) groups is 1. The highest BCUT2D eigenvalue weighted by Gasteiger charge is 2.07. The Morgan fingerprint density at radius 1 is 1.32 bits per heavy atom. The molecule has 1 aromatic heterocycles. The monoisotopic (exact) mass is 461 g/mol. The molecule has 6 nitrogen and oxygen atoms in total. The zero-order chi connectivity index (χ0) is 17.8. The molecule has 0 aliphatic carbocycles. The second-order valence-electron chi connectivity index (χ2n) is 6.00. The first-order valence-corrected chi connectivity index (χ1v) is 8.75. The minimum Gasteiger partial charge on any atom is -0.356 e. The Morgan fingerprint density at radius 2 is 2.08 bits per heavy atom. The van der Waals surface area contributed by atoms with Gasteiger partial charge in [-0.05, 0) is 32.4 Å². The van der Waals surface area contributed by atoms with E-state index >= 15 is 0 Å². The summed E-state index contributed by atoms with van der Waals surface area (Å²) in [6, 6.07) is 5.93. The van der Waals surface area contributed by atoms with Crippen molar-refractivity contribution in [2.24, 2.45) is 4.99 Å². The summed E-state index contributed by atoms with van der Waals surface area (Å²) in [6.07, 6.45) is 5.18. The number of unbranched alkanes of at least 4 members (excludes halogenated alkanes) is 2. The van der Waals surface area contributed by atoms with Crippen LogP contribution in [-0.4, -0.2) is 36.5 Å². The maximum absolute atomic E-state index is 11.9. The summed E-state index contributed by atoms with van der Waals surface area (Å²) in [5.74, 6) is 1.26. The zero-order valence-electron chi connectivity index (χ0n) is 15.8. The van der Waals surface area contributed by atoms with Gasteiger partial charge in [-0.1, -0.05) is 32.3 Å². The number of carbonyl (C=O) groups excluding carboxylic acids is 1. The molecule has 0 fully saturated rings. The fraction of sp³-hybridized carbons (Fsp3) is 0.611. The van der Waals surface area contributed by atoms with Crippen LogP contribution in [0.1, 0.15) is 51.6 Å². The minimum absolute atomic E-state index is 0. The van der Waals surface area contributed by atoms with Crippen molar-refractivity contribution >= 4 is 41.7 Å². The summed E-state index contributed by atoms with van der Waals surface area (Å²) < 4.78 is 0. The quantitative estimate of drug-likeness (QED) is 0.228. The number of aryl methyl sites for hydroxylation is 1. The maximum atomic E-state index is 11.9. The number of amides is 1. The number of rotatable bonds is 9. The molecular weight excluding hydrogens is 429 g/mol. The molecule has 1 aromatic rings. The van der Waals surface area contributed by atoms with Gasteiger partial charge in [-0.3, -0.25) is 9.79 Å². The van der Waals surface area contributed by atoms with Gasteiger partial charge in [0.25, 0.3) is 0 Å². The van der Waals surface area contributed by atoms with E-state index in [1.807, 2.05) is 19.1 Å². The van der Waals surface area contributed by atoms with Gasteiger partial charge >= 0.3 is 0 Å². The summed E-state index contributed by atoms with van der Waals surface area (Å²) in [5.41, 5.74) is 0.882. The molecule has 0 aliphatic rings. The number of hydrogen-bond acceptors (Lipinski definition) is 3. The first kappa shape index (κ1) is 23.6. The van der Waals surface area contributed by atoms with Crippen molar-refractivity contribution in [1.29, 1.82) is 0 Å². The third kappa shape index (κ3) is 11.0. The maximum Gasteiger partial charge on any atom is 0.227 e.